The van der Waals surface area contributed by atoms with Crippen molar-refractivity contribution in [1.29, 1.82) is 0 Å². The van der Waals surface area contributed by atoms with Crippen molar-refractivity contribution in [2.24, 2.45) is 5.73 Å². The van der Waals surface area contributed by atoms with Gasteiger partial charge in [0.05, 0.1) is 17.9 Å². The van der Waals surface area contributed by atoms with E-state index in [2.05, 4.69) is 5.32 Å². The highest BCUT2D eigenvalue weighted by molar-refractivity contribution is 5.20. The first kappa shape index (κ1) is 10.7. The first-order chi connectivity index (χ1) is 7.12. The fourth-order valence-corrected chi connectivity index (χ4v) is 2.11. The monoisotopic (exact) mass is 210 g/mol. The number of nitrogens with one attached hydrogen (secondary N) is 1. The minimum Gasteiger partial charge on any atom is -0.469 e. The molecule has 1 unspecified atom stereocenters. The molecule has 1 aromatic rings. The van der Waals surface area contributed by atoms with Crippen LogP contribution in [-0.4, -0.2) is 23.8 Å². The van der Waals surface area contributed by atoms with E-state index in [1.807, 2.05) is 13.0 Å². The number of hydrogen-bond acceptors (Lipinski definition) is 4. The van der Waals surface area contributed by atoms with E-state index in [9.17, 15) is 5.11 Å². The van der Waals surface area contributed by atoms with Crippen LogP contribution < -0.4 is 11.1 Å². The maximum Gasteiger partial charge on any atom is 0.101 e. The molecule has 2 rings (SSSR count). The predicted octanol–water partition coefficient (Wildman–Crippen LogP) is 0.702. The summed E-state index contributed by atoms with van der Waals surface area (Å²) in [4.78, 5) is 0. The number of aliphatic hydroxyl groups is 1. The number of furan rings is 1. The Morgan fingerprint density at radius 1 is 1.53 bits per heavy atom. The topological polar surface area (TPSA) is 71.4 Å². The molecule has 4 heteroatoms. The summed E-state index contributed by atoms with van der Waals surface area (Å²) in [6.07, 6.45) is 3.02. The molecular weight excluding hydrogens is 192 g/mol. The van der Waals surface area contributed by atoms with Crippen LogP contribution in [0.25, 0.3) is 0 Å². The van der Waals surface area contributed by atoms with Gasteiger partial charge in [-0.3, -0.25) is 0 Å². The molecule has 2 heterocycles. The molecule has 15 heavy (non-hydrogen) atoms. The maximum absolute atomic E-state index is 10.4. The highest BCUT2D eigenvalue weighted by atomic mass is 16.3. The van der Waals surface area contributed by atoms with E-state index in [4.69, 9.17) is 10.2 Å². The van der Waals surface area contributed by atoms with E-state index < -0.39 is 5.60 Å². The molecule has 4 N–H and O–H groups in total. The molecule has 0 saturated carbocycles. The van der Waals surface area contributed by atoms with Crippen LogP contribution in [0.5, 0.6) is 0 Å². The van der Waals surface area contributed by atoms with Gasteiger partial charge in [0.25, 0.3) is 0 Å². The van der Waals surface area contributed by atoms with E-state index in [0.29, 0.717) is 12.8 Å². The molecule has 1 aliphatic rings. The average molecular weight is 210 g/mol. The number of aryl methyl sites for hydroxylation is 1. The lowest BCUT2D eigenvalue weighted by Gasteiger charge is -2.37. The zero-order valence-corrected chi connectivity index (χ0v) is 8.99. The summed E-state index contributed by atoms with van der Waals surface area (Å²) < 4.78 is 5.21. The lowest BCUT2D eigenvalue weighted by Crippen LogP contribution is -2.48. The second kappa shape index (κ2) is 3.96. The van der Waals surface area contributed by atoms with Crippen LogP contribution in [0.4, 0.5) is 0 Å². The number of rotatable bonds is 2. The molecule has 0 aromatic carbocycles. The van der Waals surface area contributed by atoms with E-state index in [1.54, 1.807) is 6.26 Å². The molecule has 0 bridgehead atoms. The lowest BCUT2D eigenvalue weighted by atomic mass is 9.82. The summed E-state index contributed by atoms with van der Waals surface area (Å²) in [7, 11) is 0. The van der Waals surface area contributed by atoms with Crippen molar-refractivity contribution < 1.29 is 9.52 Å². The van der Waals surface area contributed by atoms with Crippen molar-refractivity contribution in [1.82, 2.24) is 5.32 Å². The fraction of sp³-hybridized carbons (Fsp3) is 0.636. The highest BCUT2D eigenvalue weighted by Crippen LogP contribution is 2.31. The van der Waals surface area contributed by atoms with Crippen molar-refractivity contribution in [3.8, 4) is 0 Å². The first-order valence-corrected chi connectivity index (χ1v) is 5.35. The largest absolute Gasteiger partial charge is 0.469 e. The Bertz CT molecular complexity index is 329. The third-order valence-corrected chi connectivity index (χ3v) is 3.16. The molecule has 0 radical (unpaired) electrons. The number of piperidine rings is 1. The van der Waals surface area contributed by atoms with Crippen LogP contribution in [-0.2, 0) is 0 Å². The van der Waals surface area contributed by atoms with Gasteiger partial charge >= 0.3 is 0 Å². The van der Waals surface area contributed by atoms with Crippen molar-refractivity contribution in [3.05, 3.63) is 23.7 Å². The van der Waals surface area contributed by atoms with Gasteiger partial charge in [0.2, 0.25) is 0 Å². The standard InChI is InChI=1S/C11H18N2O2/c1-8-6-9(7-15-8)10(12)11(14)2-4-13-5-3-11/h6-7,10,13-14H,2-5,12H2,1H3. The molecule has 84 valence electrons. The summed E-state index contributed by atoms with van der Waals surface area (Å²) >= 11 is 0. The molecule has 1 aromatic heterocycles. The first-order valence-electron chi connectivity index (χ1n) is 5.35. The van der Waals surface area contributed by atoms with Crippen LogP contribution >= 0.6 is 0 Å². The second-order valence-electron chi connectivity index (χ2n) is 4.32. The van der Waals surface area contributed by atoms with Gasteiger partial charge in [0.1, 0.15) is 5.76 Å². The van der Waals surface area contributed by atoms with Gasteiger partial charge in [-0.2, -0.15) is 0 Å². The lowest BCUT2D eigenvalue weighted by molar-refractivity contribution is -0.0144. The van der Waals surface area contributed by atoms with Crippen LogP contribution in [0.2, 0.25) is 0 Å². The molecule has 0 amide bonds. The van der Waals surface area contributed by atoms with Crippen molar-refractivity contribution in [3.63, 3.8) is 0 Å². The van der Waals surface area contributed by atoms with Gasteiger partial charge in [-0.1, -0.05) is 0 Å². The molecule has 0 aliphatic carbocycles. The molecule has 1 atom stereocenters. The van der Waals surface area contributed by atoms with Gasteiger partial charge < -0.3 is 20.6 Å². The predicted molar refractivity (Wildman–Crippen MR) is 57.4 cm³/mol. The Morgan fingerprint density at radius 3 is 2.73 bits per heavy atom. The van der Waals surface area contributed by atoms with Crippen LogP contribution in [0.15, 0.2) is 16.7 Å². The molecule has 1 fully saturated rings. The van der Waals surface area contributed by atoms with Crippen molar-refractivity contribution in [2.45, 2.75) is 31.4 Å². The summed E-state index contributed by atoms with van der Waals surface area (Å²) in [5.74, 6) is 0.831. The molecule has 4 nitrogen and oxygen atoms in total. The smallest absolute Gasteiger partial charge is 0.101 e. The summed E-state index contributed by atoms with van der Waals surface area (Å²) in [6, 6.07) is 1.54. The van der Waals surface area contributed by atoms with Crippen molar-refractivity contribution >= 4 is 0 Å². The molecule has 1 saturated heterocycles. The van der Waals surface area contributed by atoms with Gasteiger partial charge in [-0.05, 0) is 38.9 Å². The maximum atomic E-state index is 10.4. The van der Waals surface area contributed by atoms with Gasteiger partial charge in [-0.25, -0.2) is 0 Å². The average Bonchev–Trinajstić information content (AvgIpc) is 2.65. The van der Waals surface area contributed by atoms with E-state index in [0.717, 1.165) is 24.4 Å². The minimum atomic E-state index is -0.790. The Kier molecular flexibility index (Phi) is 2.82. The Balaban J connectivity index is 2.15. The van der Waals surface area contributed by atoms with Crippen LogP contribution in [0.3, 0.4) is 0 Å². The second-order valence-corrected chi connectivity index (χ2v) is 4.32. The van der Waals surface area contributed by atoms with Gasteiger partial charge in [0.15, 0.2) is 0 Å². The number of nitrogens with two attached hydrogens (primary N) is 1. The summed E-state index contributed by atoms with van der Waals surface area (Å²) in [5, 5.41) is 13.6. The van der Waals surface area contributed by atoms with Gasteiger partial charge in [0, 0.05) is 5.56 Å². The highest BCUT2D eigenvalue weighted by Gasteiger charge is 2.37. The van der Waals surface area contributed by atoms with E-state index >= 15 is 0 Å². The molecule has 0 spiro atoms. The zero-order valence-electron chi connectivity index (χ0n) is 8.99. The number of hydrogen-bond donors (Lipinski definition) is 3. The van der Waals surface area contributed by atoms with Crippen LogP contribution in [0.1, 0.15) is 30.2 Å². The third-order valence-electron chi connectivity index (χ3n) is 3.16. The minimum absolute atomic E-state index is 0.350. The molecular formula is C11H18N2O2. The Labute approximate surface area is 89.5 Å². The Morgan fingerprint density at radius 2 is 2.20 bits per heavy atom. The normalized spacial score (nSPS) is 22.6. The SMILES string of the molecule is Cc1cc(C(N)C2(O)CCNCC2)co1. The molecule has 1 aliphatic heterocycles. The van der Waals surface area contributed by atoms with Crippen molar-refractivity contribution in [2.75, 3.05) is 13.1 Å². The quantitative estimate of drug-likeness (QED) is 0.672. The van der Waals surface area contributed by atoms with E-state index in [-0.39, 0.29) is 6.04 Å². The summed E-state index contributed by atoms with van der Waals surface area (Å²) in [5.41, 5.74) is 6.18. The van der Waals surface area contributed by atoms with E-state index in [1.165, 1.54) is 0 Å². The summed E-state index contributed by atoms with van der Waals surface area (Å²) in [6.45, 7) is 3.52. The third kappa shape index (κ3) is 2.07. The zero-order chi connectivity index (χ0) is 10.9. The Hall–Kier alpha value is -0.840. The fourth-order valence-electron chi connectivity index (χ4n) is 2.11. The van der Waals surface area contributed by atoms with Crippen LogP contribution in [0, 0.1) is 6.92 Å². The van der Waals surface area contributed by atoms with Gasteiger partial charge in [-0.15, -0.1) is 0 Å².